The maximum atomic E-state index is 12.4. The summed E-state index contributed by atoms with van der Waals surface area (Å²) in [5.74, 6) is 0.0149. The van der Waals surface area contributed by atoms with Crippen LogP contribution in [0.15, 0.2) is 18.2 Å². The second kappa shape index (κ2) is 6.67. The molecule has 0 atom stereocenters. The number of anilines is 1. The summed E-state index contributed by atoms with van der Waals surface area (Å²) in [6.45, 7) is 6.40. The number of amides is 1. The van der Waals surface area contributed by atoms with E-state index in [4.69, 9.17) is 10.5 Å². The Balaban J connectivity index is 2.15. The van der Waals surface area contributed by atoms with Crippen LogP contribution < -0.4 is 5.73 Å². The molecule has 108 valence electrons. The van der Waals surface area contributed by atoms with Gasteiger partial charge in [0.2, 0.25) is 0 Å². The maximum absolute atomic E-state index is 12.4. The van der Waals surface area contributed by atoms with E-state index in [2.05, 4.69) is 4.98 Å². The second-order valence-corrected chi connectivity index (χ2v) is 5.38. The van der Waals surface area contributed by atoms with E-state index >= 15 is 0 Å². The lowest BCUT2D eigenvalue weighted by atomic mass is 10.2. The lowest BCUT2D eigenvalue weighted by Gasteiger charge is -2.20. The number of likely N-dealkylation sites (N-methyl/N-ethyl adjacent to an activating group) is 1. The lowest BCUT2D eigenvalue weighted by Crippen LogP contribution is -2.33. The molecule has 2 N–H and O–H groups in total. The normalized spacial score (nSPS) is 10.9. The molecule has 20 heavy (non-hydrogen) atoms. The minimum Gasteiger partial charge on any atom is -0.380 e. The Morgan fingerprint density at radius 2 is 2.25 bits per heavy atom. The van der Waals surface area contributed by atoms with Crippen molar-refractivity contribution in [3.05, 3.63) is 23.8 Å². The SMILES string of the molecule is CCOCCN(CC)C(=O)c1ccc2nc(N)sc2c1. The number of ether oxygens (including phenoxy) is 1. The third-order valence-corrected chi connectivity index (χ3v) is 3.88. The highest BCUT2D eigenvalue weighted by molar-refractivity contribution is 7.22. The molecule has 0 radical (unpaired) electrons. The summed E-state index contributed by atoms with van der Waals surface area (Å²) >= 11 is 1.40. The molecule has 5 nitrogen and oxygen atoms in total. The van der Waals surface area contributed by atoms with Crippen LogP contribution in [0.2, 0.25) is 0 Å². The zero-order chi connectivity index (χ0) is 14.5. The van der Waals surface area contributed by atoms with Crippen LogP contribution in [0.3, 0.4) is 0 Å². The second-order valence-electron chi connectivity index (χ2n) is 4.32. The third-order valence-electron chi connectivity index (χ3n) is 3.03. The average molecular weight is 293 g/mol. The van der Waals surface area contributed by atoms with Gasteiger partial charge in [-0.15, -0.1) is 0 Å². The van der Waals surface area contributed by atoms with Crippen molar-refractivity contribution < 1.29 is 9.53 Å². The summed E-state index contributed by atoms with van der Waals surface area (Å²) in [5, 5.41) is 0.522. The quantitative estimate of drug-likeness (QED) is 0.830. The van der Waals surface area contributed by atoms with E-state index < -0.39 is 0 Å². The van der Waals surface area contributed by atoms with Gasteiger partial charge in [-0.05, 0) is 32.0 Å². The molecule has 0 unspecified atom stereocenters. The molecule has 0 fully saturated rings. The summed E-state index contributed by atoms with van der Waals surface area (Å²) in [6, 6.07) is 5.49. The number of aromatic nitrogens is 1. The van der Waals surface area contributed by atoms with Gasteiger partial charge < -0.3 is 15.4 Å². The lowest BCUT2D eigenvalue weighted by molar-refractivity contribution is 0.0669. The van der Waals surface area contributed by atoms with Gasteiger partial charge >= 0.3 is 0 Å². The number of rotatable bonds is 6. The highest BCUT2D eigenvalue weighted by Gasteiger charge is 2.15. The molecule has 0 aliphatic carbocycles. The highest BCUT2D eigenvalue weighted by atomic mass is 32.1. The number of nitrogen functional groups attached to an aromatic ring is 1. The van der Waals surface area contributed by atoms with Gasteiger partial charge in [-0.3, -0.25) is 4.79 Å². The van der Waals surface area contributed by atoms with Crippen LogP contribution in [0.5, 0.6) is 0 Å². The Morgan fingerprint density at radius 3 is 2.95 bits per heavy atom. The van der Waals surface area contributed by atoms with Crippen molar-refractivity contribution in [3.63, 3.8) is 0 Å². The fraction of sp³-hybridized carbons (Fsp3) is 0.429. The average Bonchev–Trinajstić information content (AvgIpc) is 2.82. The molecule has 0 aliphatic heterocycles. The number of carbonyl (C=O) groups excluding carboxylic acids is 1. The number of hydrogen-bond acceptors (Lipinski definition) is 5. The van der Waals surface area contributed by atoms with Crippen molar-refractivity contribution in [3.8, 4) is 0 Å². The Kier molecular flexibility index (Phi) is 4.92. The minimum absolute atomic E-state index is 0.0149. The smallest absolute Gasteiger partial charge is 0.253 e. The Morgan fingerprint density at radius 1 is 1.45 bits per heavy atom. The molecule has 2 aromatic rings. The van der Waals surface area contributed by atoms with E-state index in [0.717, 1.165) is 10.2 Å². The molecule has 0 saturated heterocycles. The third kappa shape index (κ3) is 3.26. The van der Waals surface area contributed by atoms with Gasteiger partial charge in [0.1, 0.15) is 0 Å². The van der Waals surface area contributed by atoms with E-state index in [1.54, 1.807) is 11.0 Å². The molecule has 2 rings (SSSR count). The van der Waals surface area contributed by atoms with Gasteiger partial charge in [-0.2, -0.15) is 0 Å². The van der Waals surface area contributed by atoms with Crippen LogP contribution in [0.1, 0.15) is 24.2 Å². The first kappa shape index (κ1) is 14.7. The predicted octanol–water partition coefficient (Wildman–Crippen LogP) is 2.38. The predicted molar refractivity (Wildman–Crippen MR) is 82.1 cm³/mol. The number of hydrogen-bond donors (Lipinski definition) is 1. The molecular formula is C14H19N3O2S. The molecule has 1 aromatic carbocycles. The first-order valence-electron chi connectivity index (χ1n) is 6.68. The van der Waals surface area contributed by atoms with E-state index in [1.165, 1.54) is 11.3 Å². The summed E-state index contributed by atoms with van der Waals surface area (Å²) in [4.78, 5) is 18.4. The summed E-state index contributed by atoms with van der Waals surface area (Å²) in [6.07, 6.45) is 0. The topological polar surface area (TPSA) is 68.5 Å². The Hall–Kier alpha value is -1.66. The molecular weight excluding hydrogens is 274 g/mol. The van der Waals surface area contributed by atoms with Gasteiger partial charge in [-0.1, -0.05) is 11.3 Å². The summed E-state index contributed by atoms with van der Waals surface area (Å²) in [7, 11) is 0. The maximum Gasteiger partial charge on any atom is 0.253 e. The van der Waals surface area contributed by atoms with Crippen LogP contribution in [0.25, 0.3) is 10.2 Å². The first-order chi connectivity index (χ1) is 9.65. The van der Waals surface area contributed by atoms with Gasteiger partial charge in [0.25, 0.3) is 5.91 Å². The molecule has 0 aliphatic rings. The zero-order valence-corrected chi connectivity index (χ0v) is 12.6. The molecule has 0 spiro atoms. The van der Waals surface area contributed by atoms with Crippen molar-refractivity contribution in [1.29, 1.82) is 0 Å². The van der Waals surface area contributed by atoms with E-state index in [-0.39, 0.29) is 5.91 Å². The van der Waals surface area contributed by atoms with Crippen LogP contribution in [0.4, 0.5) is 5.13 Å². The van der Waals surface area contributed by atoms with Gasteiger partial charge in [-0.25, -0.2) is 4.98 Å². The molecule has 6 heteroatoms. The number of carbonyl (C=O) groups is 1. The summed E-state index contributed by atoms with van der Waals surface area (Å²) in [5.41, 5.74) is 7.18. The molecule has 0 saturated carbocycles. The molecule has 1 amide bonds. The largest absolute Gasteiger partial charge is 0.380 e. The summed E-state index contributed by atoms with van der Waals surface area (Å²) < 4.78 is 6.25. The van der Waals surface area contributed by atoms with E-state index in [9.17, 15) is 4.79 Å². The highest BCUT2D eigenvalue weighted by Crippen LogP contribution is 2.25. The Bertz CT molecular complexity index is 597. The monoisotopic (exact) mass is 293 g/mol. The number of thiazole rings is 1. The number of nitrogens with zero attached hydrogens (tertiary/aromatic N) is 2. The minimum atomic E-state index is 0.0149. The zero-order valence-electron chi connectivity index (χ0n) is 11.8. The number of fused-ring (bicyclic) bond motifs is 1. The number of nitrogens with two attached hydrogens (primary N) is 1. The fourth-order valence-corrected chi connectivity index (χ4v) is 2.75. The molecule has 1 aromatic heterocycles. The van der Waals surface area contributed by atoms with Gasteiger partial charge in [0.15, 0.2) is 5.13 Å². The van der Waals surface area contributed by atoms with Gasteiger partial charge in [0, 0.05) is 25.3 Å². The first-order valence-corrected chi connectivity index (χ1v) is 7.50. The standard InChI is InChI=1S/C14H19N3O2S/c1-3-17(7-8-19-4-2)13(18)10-5-6-11-12(9-10)20-14(15)16-11/h5-6,9H,3-4,7-8H2,1-2H3,(H2,15,16). The van der Waals surface area contributed by atoms with Crippen molar-refractivity contribution in [2.45, 2.75) is 13.8 Å². The Labute approximate surface area is 122 Å². The van der Waals surface area contributed by atoms with Crippen LogP contribution in [0, 0.1) is 0 Å². The van der Waals surface area contributed by atoms with Crippen LogP contribution >= 0.6 is 11.3 Å². The van der Waals surface area contributed by atoms with Gasteiger partial charge in [0.05, 0.1) is 16.8 Å². The van der Waals surface area contributed by atoms with Crippen molar-refractivity contribution >= 4 is 32.6 Å². The van der Waals surface area contributed by atoms with E-state index in [0.29, 0.717) is 37.0 Å². The van der Waals surface area contributed by atoms with Crippen molar-refractivity contribution in [2.75, 3.05) is 32.0 Å². The van der Waals surface area contributed by atoms with Crippen LogP contribution in [-0.2, 0) is 4.74 Å². The fourth-order valence-electron chi connectivity index (χ4n) is 1.98. The van der Waals surface area contributed by atoms with Crippen molar-refractivity contribution in [2.24, 2.45) is 0 Å². The molecule has 0 bridgehead atoms. The van der Waals surface area contributed by atoms with E-state index in [1.807, 2.05) is 26.0 Å². The number of benzene rings is 1. The molecule has 1 heterocycles. The van der Waals surface area contributed by atoms with Crippen molar-refractivity contribution in [1.82, 2.24) is 9.88 Å². The van der Waals surface area contributed by atoms with Crippen LogP contribution in [-0.4, -0.2) is 42.1 Å².